The number of ether oxygens (including phenoxy) is 3. The highest BCUT2D eigenvalue weighted by atomic mass is 35.5. The van der Waals surface area contributed by atoms with Crippen LogP contribution in [0.3, 0.4) is 0 Å². The average Bonchev–Trinajstić information content (AvgIpc) is 2.59. The number of carbonyl (C=O) groups is 1. The first-order valence-electron chi connectivity index (χ1n) is 7.95. The van der Waals surface area contributed by atoms with Gasteiger partial charge in [-0.05, 0) is 37.3 Å². The number of rotatable bonds is 4. The zero-order valence-corrected chi connectivity index (χ0v) is 14.8. The number of carbonyl (C=O) groups excluding carboxylic acids is 1. The van der Waals surface area contributed by atoms with Crippen molar-refractivity contribution in [1.29, 1.82) is 0 Å². The number of hydrogen-bond acceptors (Lipinski definition) is 4. The normalized spacial score (nSPS) is 18.7. The molecule has 0 fully saturated rings. The van der Waals surface area contributed by atoms with Gasteiger partial charge < -0.3 is 19.5 Å². The molecule has 1 heterocycles. The highest BCUT2D eigenvalue weighted by Crippen LogP contribution is 2.35. The molecule has 2 atom stereocenters. The van der Waals surface area contributed by atoms with E-state index < -0.39 is 30.9 Å². The van der Waals surface area contributed by atoms with Crippen molar-refractivity contribution in [3.63, 3.8) is 0 Å². The van der Waals surface area contributed by atoms with Crippen LogP contribution < -0.4 is 19.5 Å². The lowest BCUT2D eigenvalue weighted by Gasteiger charge is -2.31. The lowest BCUT2D eigenvalue weighted by atomic mass is 10.1. The molecule has 1 aliphatic heterocycles. The number of hydrogen-bond donors (Lipinski definition) is 1. The van der Waals surface area contributed by atoms with E-state index in [0.717, 1.165) is 0 Å². The maximum atomic E-state index is 12.6. The molecule has 0 aliphatic carbocycles. The SMILES string of the molecule is C[C@H]1Oc2ccccc2O[C@@H]1C(=O)Nc1cc(Cl)ccc1OCC(F)(F)F. The van der Waals surface area contributed by atoms with Crippen LogP contribution in [0.1, 0.15) is 6.92 Å². The second-order valence-electron chi connectivity index (χ2n) is 5.84. The number of alkyl halides is 3. The summed E-state index contributed by atoms with van der Waals surface area (Å²) in [6.07, 6.45) is -6.13. The van der Waals surface area contributed by atoms with Crippen molar-refractivity contribution < 1.29 is 32.2 Å². The summed E-state index contributed by atoms with van der Waals surface area (Å²) in [5.41, 5.74) is 0.00593. The Morgan fingerprint density at radius 1 is 1.19 bits per heavy atom. The van der Waals surface area contributed by atoms with E-state index in [0.29, 0.717) is 11.5 Å². The molecule has 9 heteroatoms. The number of nitrogens with one attached hydrogen (secondary N) is 1. The Bertz CT molecular complexity index is 844. The molecule has 2 aromatic rings. The fourth-order valence-corrected chi connectivity index (χ4v) is 2.67. The van der Waals surface area contributed by atoms with Gasteiger partial charge in [0.2, 0.25) is 6.10 Å². The van der Waals surface area contributed by atoms with Crippen LogP contribution in [-0.2, 0) is 4.79 Å². The van der Waals surface area contributed by atoms with Gasteiger partial charge in [0.25, 0.3) is 5.91 Å². The molecule has 1 aliphatic rings. The zero-order chi connectivity index (χ0) is 19.6. The Kier molecular flexibility index (Phi) is 5.36. The minimum atomic E-state index is -4.51. The van der Waals surface area contributed by atoms with E-state index in [-0.39, 0.29) is 16.5 Å². The van der Waals surface area contributed by atoms with Crippen molar-refractivity contribution in [2.45, 2.75) is 25.3 Å². The number of fused-ring (bicyclic) bond motifs is 1. The highest BCUT2D eigenvalue weighted by Gasteiger charge is 2.35. The largest absolute Gasteiger partial charge is 0.482 e. The molecular formula is C18H15ClF3NO4. The van der Waals surface area contributed by atoms with Crippen LogP contribution in [0.4, 0.5) is 18.9 Å². The summed E-state index contributed by atoms with van der Waals surface area (Å²) in [7, 11) is 0. The Balaban J connectivity index is 1.77. The maximum Gasteiger partial charge on any atom is 0.422 e. The lowest BCUT2D eigenvalue weighted by molar-refractivity contribution is -0.153. The van der Waals surface area contributed by atoms with Gasteiger partial charge in [-0.25, -0.2) is 0 Å². The van der Waals surface area contributed by atoms with E-state index >= 15 is 0 Å². The van der Waals surface area contributed by atoms with Crippen molar-refractivity contribution in [2.75, 3.05) is 11.9 Å². The molecule has 5 nitrogen and oxygen atoms in total. The van der Waals surface area contributed by atoms with Crippen molar-refractivity contribution in [1.82, 2.24) is 0 Å². The van der Waals surface area contributed by atoms with Crippen LogP contribution in [0.15, 0.2) is 42.5 Å². The van der Waals surface area contributed by atoms with Gasteiger partial charge in [0.05, 0.1) is 5.69 Å². The minimum Gasteiger partial charge on any atom is -0.482 e. The van der Waals surface area contributed by atoms with Crippen LogP contribution >= 0.6 is 11.6 Å². The van der Waals surface area contributed by atoms with Crippen molar-refractivity contribution in [3.05, 3.63) is 47.5 Å². The van der Waals surface area contributed by atoms with E-state index in [2.05, 4.69) is 5.32 Å². The number of amides is 1. The number of halogens is 4. The van der Waals surface area contributed by atoms with E-state index in [4.69, 9.17) is 25.8 Å². The number of anilines is 1. The van der Waals surface area contributed by atoms with Crippen LogP contribution in [0, 0.1) is 0 Å². The standard InChI is InChI=1S/C18H15ClF3NO4/c1-10-16(27-15-5-3-2-4-14(15)26-10)17(24)23-12-8-11(19)6-7-13(12)25-9-18(20,21)22/h2-8,10,16H,9H2,1H3,(H,23,24)/t10-,16+/m1/s1. The van der Waals surface area contributed by atoms with Crippen LogP contribution in [0.25, 0.3) is 0 Å². The Labute approximate surface area is 158 Å². The van der Waals surface area contributed by atoms with Gasteiger partial charge in [-0.15, -0.1) is 0 Å². The van der Waals surface area contributed by atoms with E-state index in [1.54, 1.807) is 31.2 Å². The summed E-state index contributed by atoms with van der Waals surface area (Å²) in [5.74, 6) is 0.146. The van der Waals surface area contributed by atoms with Gasteiger partial charge in [0.15, 0.2) is 18.1 Å². The summed E-state index contributed by atoms with van der Waals surface area (Å²) >= 11 is 5.89. The number of para-hydroxylation sites is 2. The predicted octanol–water partition coefficient (Wildman–Crippen LogP) is 4.45. The van der Waals surface area contributed by atoms with Crippen LogP contribution in [0.2, 0.25) is 5.02 Å². The Morgan fingerprint density at radius 3 is 2.52 bits per heavy atom. The monoisotopic (exact) mass is 401 g/mol. The first kappa shape index (κ1) is 19.2. The average molecular weight is 402 g/mol. The summed E-state index contributed by atoms with van der Waals surface area (Å²) < 4.78 is 53.4. The highest BCUT2D eigenvalue weighted by molar-refractivity contribution is 6.31. The van der Waals surface area contributed by atoms with Gasteiger partial charge in [-0.1, -0.05) is 23.7 Å². The van der Waals surface area contributed by atoms with Crippen molar-refractivity contribution in [2.24, 2.45) is 0 Å². The van der Waals surface area contributed by atoms with E-state index in [1.165, 1.54) is 18.2 Å². The molecule has 27 heavy (non-hydrogen) atoms. The quantitative estimate of drug-likeness (QED) is 0.822. The third-order valence-electron chi connectivity index (χ3n) is 3.69. The van der Waals surface area contributed by atoms with Crippen molar-refractivity contribution in [3.8, 4) is 17.2 Å². The van der Waals surface area contributed by atoms with Crippen LogP contribution in [0.5, 0.6) is 17.2 Å². The van der Waals surface area contributed by atoms with E-state index in [1.807, 2.05) is 0 Å². The van der Waals surface area contributed by atoms with Crippen LogP contribution in [-0.4, -0.2) is 30.9 Å². The summed E-state index contributed by atoms with van der Waals surface area (Å²) in [6, 6.07) is 10.8. The minimum absolute atomic E-state index is 0.00593. The molecule has 0 saturated carbocycles. The molecule has 144 valence electrons. The summed E-state index contributed by atoms with van der Waals surface area (Å²) in [5, 5.41) is 2.72. The molecule has 0 spiro atoms. The lowest BCUT2D eigenvalue weighted by Crippen LogP contribution is -2.46. The molecule has 0 unspecified atom stereocenters. The third kappa shape index (κ3) is 4.77. The van der Waals surface area contributed by atoms with Gasteiger partial charge in [-0.3, -0.25) is 4.79 Å². The fourth-order valence-electron chi connectivity index (χ4n) is 2.50. The second kappa shape index (κ2) is 7.56. The summed E-state index contributed by atoms with van der Waals surface area (Å²) in [6.45, 7) is 0.156. The van der Waals surface area contributed by atoms with Gasteiger partial charge in [0, 0.05) is 5.02 Å². The fraction of sp³-hybridized carbons (Fsp3) is 0.278. The molecule has 0 aromatic heterocycles. The first-order valence-corrected chi connectivity index (χ1v) is 8.33. The Morgan fingerprint density at radius 2 is 1.85 bits per heavy atom. The first-order chi connectivity index (χ1) is 12.7. The predicted molar refractivity (Wildman–Crippen MR) is 92.6 cm³/mol. The molecule has 1 amide bonds. The third-order valence-corrected chi connectivity index (χ3v) is 3.93. The van der Waals surface area contributed by atoms with Gasteiger partial charge in [-0.2, -0.15) is 13.2 Å². The molecule has 0 radical (unpaired) electrons. The topological polar surface area (TPSA) is 56.8 Å². The van der Waals surface area contributed by atoms with Crippen molar-refractivity contribution >= 4 is 23.2 Å². The smallest absolute Gasteiger partial charge is 0.422 e. The van der Waals surface area contributed by atoms with E-state index in [9.17, 15) is 18.0 Å². The zero-order valence-electron chi connectivity index (χ0n) is 14.0. The molecule has 1 N–H and O–H groups in total. The maximum absolute atomic E-state index is 12.6. The second-order valence-corrected chi connectivity index (χ2v) is 6.28. The molecule has 0 bridgehead atoms. The number of benzene rings is 2. The summed E-state index contributed by atoms with van der Waals surface area (Å²) in [4.78, 5) is 12.6. The molecule has 2 aromatic carbocycles. The molecule has 0 saturated heterocycles. The Hall–Kier alpha value is -2.61. The van der Waals surface area contributed by atoms with Gasteiger partial charge in [0.1, 0.15) is 11.9 Å². The molecule has 3 rings (SSSR count). The van der Waals surface area contributed by atoms with Gasteiger partial charge >= 0.3 is 6.18 Å². The molecular weight excluding hydrogens is 387 g/mol.